The van der Waals surface area contributed by atoms with Crippen LogP contribution < -0.4 is 5.32 Å². The fourth-order valence-electron chi connectivity index (χ4n) is 3.80. The van der Waals surface area contributed by atoms with Gasteiger partial charge in [-0.2, -0.15) is 5.10 Å². The Labute approximate surface area is 188 Å². The van der Waals surface area contributed by atoms with E-state index in [1.54, 1.807) is 23.0 Å². The lowest BCUT2D eigenvalue weighted by atomic mass is 10.0. The Morgan fingerprint density at radius 3 is 2.70 bits per heavy atom. The second-order valence-electron chi connectivity index (χ2n) is 7.61. The molecule has 0 spiro atoms. The van der Waals surface area contributed by atoms with Gasteiger partial charge in [0.1, 0.15) is 18.7 Å². The van der Waals surface area contributed by atoms with Crippen LogP contribution in [-0.4, -0.2) is 35.4 Å². The molecule has 0 unspecified atom stereocenters. The molecule has 0 aliphatic rings. The molecule has 0 aliphatic heterocycles. The second-order valence-corrected chi connectivity index (χ2v) is 7.61. The van der Waals surface area contributed by atoms with Gasteiger partial charge in [-0.3, -0.25) is 10.1 Å². The highest BCUT2D eigenvalue weighted by Gasteiger charge is 2.16. The molecule has 0 saturated heterocycles. The van der Waals surface area contributed by atoms with Crippen molar-refractivity contribution in [1.29, 1.82) is 0 Å². The number of benzene rings is 2. The van der Waals surface area contributed by atoms with Crippen LogP contribution in [0.4, 0.5) is 10.3 Å². The molecule has 0 atom stereocenters. The van der Waals surface area contributed by atoms with Crippen LogP contribution in [0.1, 0.15) is 11.3 Å². The summed E-state index contributed by atoms with van der Waals surface area (Å²) in [5, 5.41) is 12.4. The summed E-state index contributed by atoms with van der Waals surface area (Å²) < 4.78 is 16.5. The topological polar surface area (TPSA) is 90.5 Å². The Morgan fingerprint density at radius 1 is 1.03 bits per heavy atom. The lowest BCUT2D eigenvalue weighted by molar-refractivity contribution is -0.116. The third-order valence-electron chi connectivity index (χ3n) is 5.21. The van der Waals surface area contributed by atoms with Crippen molar-refractivity contribution in [3.05, 3.63) is 90.3 Å². The molecular weight excluding hydrogens is 421 g/mol. The monoisotopic (exact) mass is 441 g/mol. The molecule has 3 heterocycles. The summed E-state index contributed by atoms with van der Waals surface area (Å²) in [5.74, 6) is -0.468. The normalized spacial score (nSPS) is 11.1. The van der Waals surface area contributed by atoms with Gasteiger partial charge in [-0.25, -0.2) is 23.7 Å². The highest BCUT2D eigenvalue weighted by atomic mass is 19.1. The van der Waals surface area contributed by atoms with E-state index in [9.17, 15) is 9.18 Å². The van der Waals surface area contributed by atoms with Crippen molar-refractivity contribution < 1.29 is 9.18 Å². The summed E-state index contributed by atoms with van der Waals surface area (Å²) in [5.41, 5.74) is 4.25. The number of carbonyl (C=O) groups is 1. The number of aromatic nitrogens is 6. The van der Waals surface area contributed by atoms with E-state index in [0.717, 1.165) is 27.8 Å². The first kappa shape index (κ1) is 20.5. The van der Waals surface area contributed by atoms with E-state index in [-0.39, 0.29) is 24.2 Å². The van der Waals surface area contributed by atoms with Gasteiger partial charge in [0.25, 0.3) is 0 Å². The molecule has 2 aromatic carbocycles. The van der Waals surface area contributed by atoms with Gasteiger partial charge < -0.3 is 0 Å². The summed E-state index contributed by atoms with van der Waals surface area (Å²) in [4.78, 5) is 21.2. The number of carbonyl (C=O) groups excluding carboxylic acids is 1. The summed E-state index contributed by atoms with van der Waals surface area (Å²) in [7, 11) is 0. The van der Waals surface area contributed by atoms with Gasteiger partial charge in [-0.05, 0) is 41.8 Å². The molecule has 8 nitrogen and oxygen atoms in total. The predicted molar refractivity (Wildman–Crippen MR) is 122 cm³/mol. The standard InChI is InChI=1S/C24H20FN7O/c1-16-22-20(18-7-3-2-4-8-18)10-11-26-23(22)32(29-16)14-21(33)28-24-27-15-31(30-24)13-17-6-5-9-19(25)12-17/h2-12,15H,13-14H2,1H3,(H,28,30,33). The van der Waals surface area contributed by atoms with E-state index in [0.29, 0.717) is 12.2 Å². The molecule has 0 fully saturated rings. The molecule has 5 aromatic rings. The lowest BCUT2D eigenvalue weighted by Gasteiger charge is -2.05. The lowest BCUT2D eigenvalue weighted by Crippen LogP contribution is -2.20. The van der Waals surface area contributed by atoms with Crippen LogP contribution >= 0.6 is 0 Å². The minimum atomic E-state index is -0.324. The fourth-order valence-corrected chi connectivity index (χ4v) is 3.80. The van der Waals surface area contributed by atoms with E-state index in [4.69, 9.17) is 0 Å². The SMILES string of the molecule is Cc1nn(CC(=O)Nc2ncn(Cc3cccc(F)c3)n2)c2nccc(-c3ccccc3)c12. The number of rotatable bonds is 6. The van der Waals surface area contributed by atoms with Gasteiger partial charge in [0.15, 0.2) is 5.65 Å². The van der Waals surface area contributed by atoms with E-state index in [1.807, 2.05) is 43.3 Å². The van der Waals surface area contributed by atoms with Gasteiger partial charge >= 0.3 is 0 Å². The van der Waals surface area contributed by atoms with E-state index in [1.165, 1.54) is 23.1 Å². The number of hydrogen-bond acceptors (Lipinski definition) is 5. The van der Waals surface area contributed by atoms with Gasteiger partial charge in [-0.1, -0.05) is 42.5 Å². The largest absolute Gasteiger partial charge is 0.292 e. The Bertz CT molecular complexity index is 1440. The fraction of sp³-hybridized carbons (Fsp3) is 0.125. The molecule has 3 aromatic heterocycles. The van der Waals surface area contributed by atoms with Gasteiger partial charge in [0.2, 0.25) is 11.9 Å². The number of hydrogen-bond donors (Lipinski definition) is 1. The number of fused-ring (bicyclic) bond motifs is 1. The Kier molecular flexibility index (Phi) is 5.35. The molecule has 33 heavy (non-hydrogen) atoms. The molecule has 1 amide bonds. The van der Waals surface area contributed by atoms with Gasteiger partial charge in [0.05, 0.1) is 12.2 Å². The summed E-state index contributed by atoms with van der Waals surface area (Å²) in [6.45, 7) is 2.21. The number of pyridine rings is 1. The molecule has 9 heteroatoms. The van der Waals surface area contributed by atoms with Crippen molar-refractivity contribution >= 4 is 22.9 Å². The quantitative estimate of drug-likeness (QED) is 0.433. The first-order chi connectivity index (χ1) is 16.1. The van der Waals surface area contributed by atoms with Crippen molar-refractivity contribution in [2.45, 2.75) is 20.0 Å². The Hall–Kier alpha value is -4.40. The Morgan fingerprint density at radius 2 is 1.88 bits per heavy atom. The maximum atomic E-state index is 13.4. The van der Waals surface area contributed by atoms with Gasteiger partial charge in [0, 0.05) is 11.6 Å². The zero-order valence-corrected chi connectivity index (χ0v) is 17.8. The maximum Gasteiger partial charge on any atom is 0.248 e. The number of nitrogens with one attached hydrogen (secondary N) is 1. The highest BCUT2D eigenvalue weighted by Crippen LogP contribution is 2.29. The molecule has 0 aliphatic carbocycles. The smallest absolute Gasteiger partial charge is 0.248 e. The van der Waals surface area contributed by atoms with Gasteiger partial charge in [-0.15, -0.1) is 5.10 Å². The molecule has 5 rings (SSSR count). The van der Waals surface area contributed by atoms with E-state index in [2.05, 4.69) is 25.5 Å². The minimum Gasteiger partial charge on any atom is -0.292 e. The average molecular weight is 441 g/mol. The number of anilines is 1. The van der Waals surface area contributed by atoms with Crippen LogP contribution in [0.25, 0.3) is 22.2 Å². The van der Waals surface area contributed by atoms with Crippen molar-refractivity contribution in [2.24, 2.45) is 0 Å². The average Bonchev–Trinajstić information content (AvgIpc) is 3.38. The van der Waals surface area contributed by atoms with Crippen molar-refractivity contribution in [3.8, 4) is 11.1 Å². The molecule has 0 radical (unpaired) electrons. The second kappa shape index (κ2) is 8.62. The van der Waals surface area contributed by atoms with Crippen LogP contribution in [-0.2, 0) is 17.9 Å². The number of nitrogens with zero attached hydrogens (tertiary/aromatic N) is 6. The minimum absolute atomic E-state index is 0.0337. The summed E-state index contributed by atoms with van der Waals surface area (Å²) in [6.07, 6.45) is 3.21. The van der Waals surface area contributed by atoms with Crippen LogP contribution in [0.3, 0.4) is 0 Å². The van der Waals surface area contributed by atoms with Crippen LogP contribution in [0.2, 0.25) is 0 Å². The van der Waals surface area contributed by atoms with Crippen molar-refractivity contribution in [3.63, 3.8) is 0 Å². The zero-order valence-electron chi connectivity index (χ0n) is 17.8. The van der Waals surface area contributed by atoms with Crippen molar-refractivity contribution in [2.75, 3.05) is 5.32 Å². The molecular formula is C24H20FN7O. The molecule has 0 bridgehead atoms. The third kappa shape index (κ3) is 4.33. The van der Waals surface area contributed by atoms with Crippen LogP contribution in [0.15, 0.2) is 73.2 Å². The summed E-state index contributed by atoms with van der Waals surface area (Å²) >= 11 is 0. The summed E-state index contributed by atoms with van der Waals surface area (Å²) in [6, 6.07) is 18.2. The molecule has 1 N–H and O–H groups in total. The number of halogens is 1. The zero-order chi connectivity index (χ0) is 22.8. The van der Waals surface area contributed by atoms with Crippen LogP contribution in [0.5, 0.6) is 0 Å². The molecule has 164 valence electrons. The first-order valence-electron chi connectivity index (χ1n) is 10.4. The maximum absolute atomic E-state index is 13.4. The first-order valence-corrected chi connectivity index (χ1v) is 10.4. The molecule has 0 saturated carbocycles. The van der Waals surface area contributed by atoms with Crippen LogP contribution in [0, 0.1) is 12.7 Å². The highest BCUT2D eigenvalue weighted by molar-refractivity contribution is 5.96. The Balaban J connectivity index is 1.33. The van der Waals surface area contributed by atoms with E-state index >= 15 is 0 Å². The predicted octanol–water partition coefficient (Wildman–Crippen LogP) is 3.82. The number of aryl methyl sites for hydroxylation is 1. The van der Waals surface area contributed by atoms with Crippen molar-refractivity contribution in [1.82, 2.24) is 29.5 Å². The third-order valence-corrected chi connectivity index (χ3v) is 5.21. The van der Waals surface area contributed by atoms with E-state index < -0.39 is 0 Å². The number of amides is 1.